The number of hydrogen-bond donors (Lipinski definition) is 1. The molecule has 1 amide bonds. The number of thioether (sulfide) groups is 1. The lowest BCUT2D eigenvalue weighted by atomic mass is 10.1. The van der Waals surface area contributed by atoms with Gasteiger partial charge in [0.15, 0.2) is 17.2 Å². The number of benzene rings is 2. The van der Waals surface area contributed by atoms with Crippen molar-refractivity contribution in [1.82, 2.24) is 15.1 Å². The summed E-state index contributed by atoms with van der Waals surface area (Å²) in [5, 5.41) is 7.24. The van der Waals surface area contributed by atoms with Crippen LogP contribution in [0.1, 0.15) is 35.4 Å². The summed E-state index contributed by atoms with van der Waals surface area (Å²) in [6, 6.07) is 14.4. The molecule has 1 N–H and O–H groups in total. The van der Waals surface area contributed by atoms with Gasteiger partial charge in [-0.05, 0) is 31.2 Å². The van der Waals surface area contributed by atoms with E-state index in [0.717, 1.165) is 11.1 Å². The van der Waals surface area contributed by atoms with Crippen LogP contribution in [-0.4, -0.2) is 26.8 Å². The monoisotopic (exact) mass is 422 g/mol. The second-order valence-electron chi connectivity index (χ2n) is 6.53. The highest BCUT2D eigenvalue weighted by atomic mass is 32.2. The fourth-order valence-corrected chi connectivity index (χ4v) is 3.43. The van der Waals surface area contributed by atoms with Gasteiger partial charge in [0.05, 0.1) is 5.75 Å². The van der Waals surface area contributed by atoms with Crippen LogP contribution in [0.25, 0.3) is 11.1 Å². The number of carbonyl (C=O) groups is 2. The molecule has 2 aromatic heterocycles. The van der Waals surface area contributed by atoms with Crippen LogP contribution >= 0.6 is 11.8 Å². The summed E-state index contributed by atoms with van der Waals surface area (Å²) in [4.78, 5) is 32.3. The Kier molecular flexibility index (Phi) is 5.89. The Bertz CT molecular complexity index is 1170. The third-order valence-electron chi connectivity index (χ3n) is 4.23. The minimum absolute atomic E-state index is 0.0554. The number of amides is 1. The number of aromatic nitrogens is 3. The van der Waals surface area contributed by atoms with Crippen LogP contribution in [0.15, 0.2) is 62.7 Å². The first-order chi connectivity index (χ1) is 14.6. The molecule has 0 aliphatic carbocycles. The van der Waals surface area contributed by atoms with Crippen molar-refractivity contribution in [1.29, 1.82) is 0 Å². The molecular formula is C21H18N4O4S. The maximum Gasteiger partial charge on any atom is 0.257 e. The second kappa shape index (κ2) is 8.91. The summed E-state index contributed by atoms with van der Waals surface area (Å²) >= 11 is 1.37. The molecule has 2 heterocycles. The Balaban J connectivity index is 1.27. The van der Waals surface area contributed by atoms with E-state index < -0.39 is 0 Å². The number of hydrogen-bond acceptors (Lipinski definition) is 8. The van der Waals surface area contributed by atoms with E-state index in [9.17, 15) is 9.59 Å². The van der Waals surface area contributed by atoms with E-state index in [1.807, 2.05) is 24.3 Å². The van der Waals surface area contributed by atoms with Crippen molar-refractivity contribution >= 4 is 40.2 Å². The van der Waals surface area contributed by atoms with Crippen molar-refractivity contribution in [2.75, 3.05) is 5.32 Å². The minimum Gasteiger partial charge on any atom is -0.431 e. The van der Waals surface area contributed by atoms with E-state index in [-0.39, 0.29) is 18.1 Å². The van der Waals surface area contributed by atoms with Crippen molar-refractivity contribution in [2.24, 2.45) is 0 Å². The highest BCUT2D eigenvalue weighted by Crippen LogP contribution is 2.25. The number of aryl methyl sites for hydroxylation is 1. The molecule has 0 radical (unpaired) electrons. The van der Waals surface area contributed by atoms with Gasteiger partial charge in [0.25, 0.3) is 5.22 Å². The van der Waals surface area contributed by atoms with Crippen molar-refractivity contribution < 1.29 is 18.5 Å². The maximum atomic E-state index is 12.2. The number of fused-ring (bicyclic) bond motifs is 1. The Morgan fingerprint density at radius 3 is 2.80 bits per heavy atom. The summed E-state index contributed by atoms with van der Waals surface area (Å²) < 4.78 is 10.9. The van der Waals surface area contributed by atoms with E-state index in [0.29, 0.717) is 40.4 Å². The van der Waals surface area contributed by atoms with Crippen molar-refractivity contribution in [3.05, 3.63) is 65.8 Å². The summed E-state index contributed by atoms with van der Waals surface area (Å²) in [7, 11) is 0. The quantitative estimate of drug-likeness (QED) is 0.331. The zero-order valence-electron chi connectivity index (χ0n) is 16.1. The SMILES string of the molecule is CC(=O)c1cccc(NC(=O)CCc2nc(CSc3nc4ccccc4o3)no2)c1. The average Bonchev–Trinajstić information content (AvgIpc) is 3.37. The first-order valence-electron chi connectivity index (χ1n) is 9.27. The van der Waals surface area contributed by atoms with Gasteiger partial charge in [-0.3, -0.25) is 9.59 Å². The molecule has 9 heteroatoms. The first-order valence-corrected chi connectivity index (χ1v) is 10.3. The van der Waals surface area contributed by atoms with Gasteiger partial charge in [-0.15, -0.1) is 0 Å². The Morgan fingerprint density at radius 2 is 1.97 bits per heavy atom. The highest BCUT2D eigenvalue weighted by molar-refractivity contribution is 7.98. The zero-order valence-corrected chi connectivity index (χ0v) is 16.9. The van der Waals surface area contributed by atoms with Gasteiger partial charge in [0.2, 0.25) is 11.8 Å². The number of anilines is 1. The number of Topliss-reactive ketones (excluding diaryl/α,β-unsaturated/α-hetero) is 1. The molecule has 2 aromatic carbocycles. The normalized spacial score (nSPS) is 11.0. The Labute approximate surface area is 176 Å². The molecule has 4 rings (SSSR count). The molecule has 4 aromatic rings. The number of nitrogens with one attached hydrogen (secondary N) is 1. The summed E-state index contributed by atoms with van der Waals surface area (Å²) in [5.41, 5.74) is 2.65. The van der Waals surface area contributed by atoms with Crippen molar-refractivity contribution in [3.8, 4) is 0 Å². The average molecular weight is 422 g/mol. The topological polar surface area (TPSA) is 111 Å². The largest absolute Gasteiger partial charge is 0.431 e. The van der Waals surface area contributed by atoms with Crippen LogP contribution < -0.4 is 5.32 Å². The number of carbonyl (C=O) groups excluding carboxylic acids is 2. The number of oxazole rings is 1. The summed E-state index contributed by atoms with van der Waals surface area (Å²) in [6.07, 6.45) is 0.503. The zero-order chi connectivity index (χ0) is 20.9. The first kappa shape index (κ1) is 19.8. The van der Waals surface area contributed by atoms with E-state index in [2.05, 4.69) is 20.4 Å². The minimum atomic E-state index is -0.198. The molecule has 8 nitrogen and oxygen atoms in total. The number of para-hydroxylation sites is 2. The molecule has 0 spiro atoms. The van der Waals surface area contributed by atoms with Crippen LogP contribution in [0.4, 0.5) is 5.69 Å². The van der Waals surface area contributed by atoms with E-state index >= 15 is 0 Å². The predicted molar refractivity (Wildman–Crippen MR) is 111 cm³/mol. The molecule has 0 saturated carbocycles. The molecule has 0 aliphatic rings. The van der Waals surface area contributed by atoms with E-state index in [1.54, 1.807) is 24.3 Å². The van der Waals surface area contributed by atoms with Gasteiger partial charge in [0, 0.05) is 24.1 Å². The fraction of sp³-hybridized carbons (Fsp3) is 0.190. The van der Waals surface area contributed by atoms with Crippen LogP contribution in [0, 0.1) is 0 Å². The van der Waals surface area contributed by atoms with Crippen LogP contribution in [0.3, 0.4) is 0 Å². The number of nitrogens with zero attached hydrogens (tertiary/aromatic N) is 3. The molecule has 152 valence electrons. The van der Waals surface area contributed by atoms with Crippen LogP contribution in [-0.2, 0) is 17.0 Å². The molecule has 30 heavy (non-hydrogen) atoms. The summed E-state index contributed by atoms with van der Waals surface area (Å²) in [6.45, 7) is 1.48. The predicted octanol–water partition coefficient (Wildman–Crippen LogP) is 4.28. The van der Waals surface area contributed by atoms with E-state index in [4.69, 9.17) is 8.94 Å². The van der Waals surface area contributed by atoms with E-state index in [1.165, 1.54) is 18.7 Å². The van der Waals surface area contributed by atoms with Crippen LogP contribution in [0.5, 0.6) is 0 Å². The lowest BCUT2D eigenvalue weighted by Crippen LogP contribution is -2.12. The van der Waals surface area contributed by atoms with Gasteiger partial charge in [-0.2, -0.15) is 4.98 Å². The van der Waals surface area contributed by atoms with Gasteiger partial charge >= 0.3 is 0 Å². The third-order valence-corrected chi connectivity index (χ3v) is 5.05. The van der Waals surface area contributed by atoms with Gasteiger partial charge in [-0.25, -0.2) is 4.98 Å². The highest BCUT2D eigenvalue weighted by Gasteiger charge is 2.12. The van der Waals surface area contributed by atoms with Gasteiger partial charge < -0.3 is 14.3 Å². The molecule has 0 bridgehead atoms. The van der Waals surface area contributed by atoms with Gasteiger partial charge in [0.1, 0.15) is 5.52 Å². The Morgan fingerprint density at radius 1 is 1.10 bits per heavy atom. The second-order valence-corrected chi connectivity index (χ2v) is 7.45. The maximum absolute atomic E-state index is 12.2. The molecular weight excluding hydrogens is 404 g/mol. The molecule has 0 aliphatic heterocycles. The molecule has 0 atom stereocenters. The smallest absolute Gasteiger partial charge is 0.257 e. The number of ketones is 1. The Hall–Kier alpha value is -3.46. The van der Waals surface area contributed by atoms with Crippen LogP contribution in [0.2, 0.25) is 0 Å². The molecule has 0 saturated heterocycles. The standard InChI is InChI=1S/C21H18N4O4S/c1-13(26)14-5-4-6-15(11-14)22-19(27)9-10-20-24-18(25-29-20)12-30-21-23-16-7-2-3-8-17(16)28-21/h2-8,11H,9-10,12H2,1H3,(H,22,27). The van der Waals surface area contributed by atoms with Gasteiger partial charge in [-0.1, -0.05) is 41.2 Å². The third kappa shape index (κ3) is 4.93. The van der Waals surface area contributed by atoms with Crippen molar-refractivity contribution in [2.45, 2.75) is 30.7 Å². The summed E-state index contributed by atoms with van der Waals surface area (Å²) in [5.74, 6) is 1.08. The molecule has 0 unspecified atom stereocenters. The molecule has 0 fully saturated rings. The lowest BCUT2D eigenvalue weighted by molar-refractivity contribution is -0.116. The van der Waals surface area contributed by atoms with Crippen molar-refractivity contribution in [3.63, 3.8) is 0 Å². The number of rotatable bonds is 8. The lowest BCUT2D eigenvalue weighted by Gasteiger charge is -2.05. The fourth-order valence-electron chi connectivity index (χ4n) is 2.75.